The minimum Gasteiger partial charge on any atom is -0.493 e. The first kappa shape index (κ1) is 18.3. The summed E-state index contributed by atoms with van der Waals surface area (Å²) in [7, 11) is 1.43. The van der Waals surface area contributed by atoms with Crippen molar-refractivity contribution >= 4 is 0 Å². The van der Waals surface area contributed by atoms with Gasteiger partial charge in [0.15, 0.2) is 18.1 Å². The molecule has 1 heterocycles. The van der Waals surface area contributed by atoms with Gasteiger partial charge in [-0.2, -0.15) is 23.4 Å². The Morgan fingerprint density at radius 1 is 1.15 bits per heavy atom. The van der Waals surface area contributed by atoms with Gasteiger partial charge < -0.3 is 14.0 Å². The highest BCUT2D eigenvalue weighted by atomic mass is 19.4. The van der Waals surface area contributed by atoms with Crippen molar-refractivity contribution in [3.63, 3.8) is 0 Å². The van der Waals surface area contributed by atoms with E-state index < -0.39 is 11.7 Å². The maximum Gasteiger partial charge on any atom is 0.416 e. The van der Waals surface area contributed by atoms with Crippen LogP contribution in [0.25, 0.3) is 11.4 Å². The second kappa shape index (κ2) is 7.37. The van der Waals surface area contributed by atoms with Gasteiger partial charge in [-0.1, -0.05) is 17.3 Å². The Bertz CT molecular complexity index is 993. The maximum atomic E-state index is 12.8. The van der Waals surface area contributed by atoms with Crippen LogP contribution in [0.1, 0.15) is 17.0 Å². The molecule has 0 bridgehead atoms. The second-order valence-corrected chi connectivity index (χ2v) is 5.36. The molecular formula is C18H12F3N3O3. The van der Waals surface area contributed by atoms with Gasteiger partial charge in [0.2, 0.25) is 5.82 Å². The highest BCUT2D eigenvalue weighted by Gasteiger charge is 2.30. The number of rotatable bonds is 5. The number of alkyl halides is 3. The molecule has 6 nitrogen and oxygen atoms in total. The topological polar surface area (TPSA) is 81.2 Å². The first-order valence-corrected chi connectivity index (χ1v) is 7.62. The summed E-state index contributed by atoms with van der Waals surface area (Å²) in [6.45, 7) is -0.117. The fourth-order valence-corrected chi connectivity index (χ4v) is 2.26. The minimum atomic E-state index is -4.46. The Morgan fingerprint density at radius 3 is 2.67 bits per heavy atom. The van der Waals surface area contributed by atoms with Gasteiger partial charge in [0.05, 0.1) is 24.3 Å². The average Bonchev–Trinajstić information content (AvgIpc) is 3.14. The summed E-state index contributed by atoms with van der Waals surface area (Å²) in [6, 6.07) is 11.2. The molecule has 0 fully saturated rings. The van der Waals surface area contributed by atoms with Gasteiger partial charge in [0.25, 0.3) is 5.89 Å². The Kier molecular flexibility index (Phi) is 4.98. The lowest BCUT2D eigenvalue weighted by Crippen LogP contribution is -2.04. The number of nitrogens with zero attached hydrogens (tertiary/aromatic N) is 3. The number of ether oxygens (including phenoxy) is 2. The monoisotopic (exact) mass is 375 g/mol. The van der Waals surface area contributed by atoms with Crippen molar-refractivity contribution in [2.24, 2.45) is 0 Å². The van der Waals surface area contributed by atoms with Crippen molar-refractivity contribution in [3.05, 3.63) is 59.5 Å². The molecule has 0 saturated carbocycles. The van der Waals surface area contributed by atoms with Crippen molar-refractivity contribution in [2.45, 2.75) is 12.8 Å². The quantitative estimate of drug-likeness (QED) is 0.664. The fraction of sp³-hybridized carbons (Fsp3) is 0.167. The van der Waals surface area contributed by atoms with E-state index in [1.807, 2.05) is 6.07 Å². The molecule has 0 aliphatic heterocycles. The molecule has 3 rings (SSSR count). The molecule has 0 N–H and O–H groups in total. The van der Waals surface area contributed by atoms with Gasteiger partial charge in [-0.3, -0.25) is 0 Å². The van der Waals surface area contributed by atoms with E-state index in [1.54, 1.807) is 12.1 Å². The largest absolute Gasteiger partial charge is 0.493 e. The Balaban J connectivity index is 1.75. The van der Waals surface area contributed by atoms with E-state index in [4.69, 9.17) is 19.3 Å². The zero-order valence-corrected chi connectivity index (χ0v) is 13.9. The van der Waals surface area contributed by atoms with Gasteiger partial charge in [-0.05, 0) is 24.3 Å². The van der Waals surface area contributed by atoms with Crippen molar-refractivity contribution < 1.29 is 27.2 Å². The van der Waals surface area contributed by atoms with Gasteiger partial charge in [0, 0.05) is 11.6 Å². The molecule has 1 aromatic heterocycles. The Morgan fingerprint density at radius 2 is 1.96 bits per heavy atom. The smallest absolute Gasteiger partial charge is 0.416 e. The van der Waals surface area contributed by atoms with Crippen LogP contribution in [-0.2, 0) is 12.8 Å². The van der Waals surface area contributed by atoms with Crippen LogP contribution in [0.15, 0.2) is 47.0 Å². The van der Waals surface area contributed by atoms with E-state index in [2.05, 4.69) is 10.1 Å². The lowest BCUT2D eigenvalue weighted by Gasteiger charge is -2.08. The van der Waals surface area contributed by atoms with Crippen LogP contribution in [0, 0.1) is 11.3 Å². The lowest BCUT2D eigenvalue weighted by atomic mass is 10.1. The van der Waals surface area contributed by atoms with Gasteiger partial charge in [-0.25, -0.2) is 0 Å². The molecule has 0 amide bonds. The van der Waals surface area contributed by atoms with E-state index in [9.17, 15) is 13.2 Å². The standard InChI is InChI=1S/C18H12F3N3O3/c1-25-15-7-11(9-22)5-6-14(15)26-10-16-23-17(24-27-16)12-3-2-4-13(8-12)18(19,20)21/h2-8H,10H2,1H3. The van der Waals surface area contributed by atoms with Crippen LogP contribution >= 0.6 is 0 Å². The summed E-state index contributed by atoms with van der Waals surface area (Å²) in [5, 5.41) is 12.6. The highest BCUT2D eigenvalue weighted by molar-refractivity contribution is 5.55. The molecule has 0 aliphatic rings. The molecule has 0 unspecified atom stereocenters. The molecule has 9 heteroatoms. The first-order chi connectivity index (χ1) is 12.9. The third kappa shape index (κ3) is 4.17. The van der Waals surface area contributed by atoms with E-state index >= 15 is 0 Å². The summed E-state index contributed by atoms with van der Waals surface area (Å²) >= 11 is 0. The highest BCUT2D eigenvalue weighted by Crippen LogP contribution is 2.32. The van der Waals surface area contributed by atoms with Crippen molar-refractivity contribution in [3.8, 4) is 29.0 Å². The number of aromatic nitrogens is 2. The van der Waals surface area contributed by atoms with Gasteiger partial charge in [0.1, 0.15) is 0 Å². The molecule has 0 atom stereocenters. The van der Waals surface area contributed by atoms with Crippen LogP contribution in [0.2, 0.25) is 0 Å². The summed E-state index contributed by atoms with van der Waals surface area (Å²) < 4.78 is 54.1. The number of benzene rings is 2. The first-order valence-electron chi connectivity index (χ1n) is 7.62. The predicted octanol–water partition coefficient (Wildman–Crippen LogP) is 4.21. The number of methoxy groups -OCH3 is 1. The van der Waals surface area contributed by atoms with E-state index in [0.717, 1.165) is 12.1 Å². The molecule has 0 saturated heterocycles. The fourth-order valence-electron chi connectivity index (χ4n) is 2.26. The molecule has 2 aromatic carbocycles. The zero-order chi connectivity index (χ0) is 19.4. The molecular weight excluding hydrogens is 363 g/mol. The normalized spacial score (nSPS) is 11.1. The van der Waals surface area contributed by atoms with Crippen molar-refractivity contribution in [2.75, 3.05) is 7.11 Å². The molecule has 0 spiro atoms. The summed E-state index contributed by atoms with van der Waals surface area (Å²) in [6.07, 6.45) is -4.46. The number of nitriles is 1. The molecule has 0 radical (unpaired) electrons. The minimum absolute atomic E-state index is 0.0199. The van der Waals surface area contributed by atoms with Crippen LogP contribution in [0.5, 0.6) is 11.5 Å². The van der Waals surface area contributed by atoms with Gasteiger partial charge in [-0.15, -0.1) is 0 Å². The third-order valence-corrected chi connectivity index (χ3v) is 3.56. The van der Waals surface area contributed by atoms with Crippen LogP contribution < -0.4 is 9.47 Å². The van der Waals surface area contributed by atoms with Crippen LogP contribution in [-0.4, -0.2) is 17.3 Å². The number of halogens is 3. The Hall–Kier alpha value is -3.54. The third-order valence-electron chi connectivity index (χ3n) is 3.56. The van der Waals surface area contributed by atoms with Gasteiger partial charge >= 0.3 is 6.18 Å². The van der Waals surface area contributed by atoms with E-state index in [0.29, 0.717) is 17.1 Å². The van der Waals surface area contributed by atoms with Crippen LogP contribution in [0.3, 0.4) is 0 Å². The maximum absolute atomic E-state index is 12.8. The zero-order valence-electron chi connectivity index (χ0n) is 13.9. The average molecular weight is 375 g/mol. The number of hydrogen-bond donors (Lipinski definition) is 0. The summed E-state index contributed by atoms with van der Waals surface area (Å²) in [5.74, 6) is 0.808. The molecule has 27 heavy (non-hydrogen) atoms. The Labute approximate surface area is 151 Å². The molecule has 0 aliphatic carbocycles. The summed E-state index contributed by atoms with van der Waals surface area (Å²) in [4.78, 5) is 4.04. The lowest BCUT2D eigenvalue weighted by molar-refractivity contribution is -0.137. The SMILES string of the molecule is COc1cc(C#N)ccc1OCc1nc(-c2cccc(C(F)(F)F)c2)no1. The van der Waals surface area contributed by atoms with Crippen molar-refractivity contribution in [1.82, 2.24) is 10.1 Å². The molecule has 138 valence electrons. The predicted molar refractivity (Wildman–Crippen MR) is 86.8 cm³/mol. The van der Waals surface area contributed by atoms with Crippen LogP contribution in [0.4, 0.5) is 13.2 Å². The molecule has 3 aromatic rings. The van der Waals surface area contributed by atoms with Crippen molar-refractivity contribution in [1.29, 1.82) is 5.26 Å². The number of hydrogen-bond acceptors (Lipinski definition) is 6. The van der Waals surface area contributed by atoms with E-state index in [1.165, 1.54) is 25.3 Å². The van der Waals surface area contributed by atoms with E-state index in [-0.39, 0.29) is 23.9 Å². The second-order valence-electron chi connectivity index (χ2n) is 5.36. The summed E-state index contributed by atoms with van der Waals surface area (Å²) in [5.41, 5.74) is -0.218.